The number of nitrogens with zero attached hydrogens (tertiary/aromatic N) is 1. The molecule has 0 bridgehead atoms. The van der Waals surface area contributed by atoms with Crippen LogP contribution >= 0.6 is 15.9 Å². The number of benzene rings is 1. The van der Waals surface area contributed by atoms with E-state index >= 15 is 0 Å². The number of nitrogens with two attached hydrogens (primary N) is 1. The van der Waals surface area contributed by atoms with Crippen LogP contribution in [0.2, 0.25) is 0 Å². The number of halogens is 1. The number of nitrogen functional groups attached to an aromatic ring is 1. The molecule has 1 aromatic carbocycles. The van der Waals surface area contributed by atoms with Gasteiger partial charge in [-0.05, 0) is 40.5 Å². The molecule has 0 aliphatic heterocycles. The van der Waals surface area contributed by atoms with E-state index in [0.29, 0.717) is 16.6 Å². The lowest BCUT2D eigenvalue weighted by Gasteiger charge is -2.17. The van der Waals surface area contributed by atoms with E-state index < -0.39 is 10.0 Å². The first kappa shape index (κ1) is 14.4. The third kappa shape index (κ3) is 3.41. The highest BCUT2D eigenvalue weighted by Gasteiger charge is 2.20. The van der Waals surface area contributed by atoms with Crippen LogP contribution in [-0.2, 0) is 10.0 Å². The highest BCUT2D eigenvalue weighted by molar-refractivity contribution is 9.10. The molecular formula is C10H15BrN2O3S. The third-order valence-electron chi connectivity index (χ3n) is 2.31. The van der Waals surface area contributed by atoms with Gasteiger partial charge in [0.2, 0.25) is 10.0 Å². The molecule has 0 unspecified atom stereocenters. The quantitative estimate of drug-likeness (QED) is 0.793. The predicted molar refractivity (Wildman–Crippen MR) is 70.1 cm³/mol. The molecule has 5 nitrogen and oxygen atoms in total. The Bertz CT molecular complexity index is 490. The summed E-state index contributed by atoms with van der Waals surface area (Å²) >= 11 is 3.19. The molecule has 7 heteroatoms. The minimum Gasteiger partial charge on any atom is -0.398 e. The van der Waals surface area contributed by atoms with Gasteiger partial charge < -0.3 is 10.8 Å². The molecule has 1 aromatic rings. The van der Waals surface area contributed by atoms with Crippen molar-refractivity contribution in [3.8, 4) is 0 Å². The molecule has 0 spiro atoms. The summed E-state index contributed by atoms with van der Waals surface area (Å²) in [5.41, 5.74) is 6.09. The molecular weight excluding hydrogens is 308 g/mol. The highest BCUT2D eigenvalue weighted by atomic mass is 79.9. The molecule has 17 heavy (non-hydrogen) atoms. The van der Waals surface area contributed by atoms with Gasteiger partial charge in [0.05, 0.1) is 4.90 Å². The maximum atomic E-state index is 12.1. The van der Waals surface area contributed by atoms with E-state index in [1.807, 2.05) is 0 Å². The van der Waals surface area contributed by atoms with Gasteiger partial charge >= 0.3 is 0 Å². The molecule has 0 heterocycles. The maximum Gasteiger partial charge on any atom is 0.242 e. The summed E-state index contributed by atoms with van der Waals surface area (Å²) in [6.45, 7) is 0.242. The van der Waals surface area contributed by atoms with E-state index in [1.54, 1.807) is 0 Å². The van der Waals surface area contributed by atoms with Crippen molar-refractivity contribution < 1.29 is 13.5 Å². The first-order valence-electron chi connectivity index (χ1n) is 5.02. The van der Waals surface area contributed by atoms with Gasteiger partial charge in [0.1, 0.15) is 0 Å². The van der Waals surface area contributed by atoms with Crippen LogP contribution in [0.15, 0.2) is 27.6 Å². The number of rotatable bonds is 5. The fraction of sp³-hybridized carbons (Fsp3) is 0.400. The summed E-state index contributed by atoms with van der Waals surface area (Å²) in [6.07, 6.45) is 0.409. The molecule has 0 aliphatic carbocycles. The van der Waals surface area contributed by atoms with E-state index in [1.165, 1.54) is 29.6 Å². The number of aliphatic hydroxyl groups excluding tert-OH is 1. The van der Waals surface area contributed by atoms with E-state index in [9.17, 15) is 8.42 Å². The molecule has 0 aromatic heterocycles. The van der Waals surface area contributed by atoms with Gasteiger partial charge in [-0.15, -0.1) is 0 Å². The van der Waals surface area contributed by atoms with E-state index in [-0.39, 0.29) is 18.0 Å². The molecule has 3 N–H and O–H groups in total. The minimum atomic E-state index is -3.51. The zero-order valence-corrected chi connectivity index (χ0v) is 11.8. The van der Waals surface area contributed by atoms with Crippen LogP contribution in [0.5, 0.6) is 0 Å². The minimum absolute atomic E-state index is 0.0364. The zero-order chi connectivity index (χ0) is 13.1. The van der Waals surface area contributed by atoms with Crippen molar-refractivity contribution in [3.63, 3.8) is 0 Å². The molecule has 1 rings (SSSR count). The Kier molecular flexibility index (Phi) is 4.93. The average Bonchev–Trinajstić information content (AvgIpc) is 2.29. The van der Waals surface area contributed by atoms with Gasteiger partial charge in [-0.3, -0.25) is 0 Å². The summed E-state index contributed by atoms with van der Waals surface area (Å²) in [6, 6.07) is 4.47. The average molecular weight is 323 g/mol. The SMILES string of the molecule is CN(CCCO)S(=O)(=O)c1ccc(N)c(Br)c1. The standard InChI is InChI=1S/C10H15BrN2O3S/c1-13(5-2-6-14)17(15,16)8-3-4-10(12)9(11)7-8/h3-4,7,14H,2,5-6,12H2,1H3. The van der Waals surface area contributed by atoms with Gasteiger partial charge in [0, 0.05) is 30.4 Å². The van der Waals surface area contributed by atoms with Crippen molar-refractivity contribution >= 4 is 31.6 Å². The van der Waals surface area contributed by atoms with Gasteiger partial charge in [-0.1, -0.05) is 0 Å². The van der Waals surface area contributed by atoms with Crippen LogP contribution in [-0.4, -0.2) is 38.0 Å². The Labute approximate surface area is 109 Å². The summed E-state index contributed by atoms with van der Waals surface area (Å²) in [5, 5.41) is 8.69. The second-order valence-corrected chi connectivity index (χ2v) is 6.49. The largest absolute Gasteiger partial charge is 0.398 e. The topological polar surface area (TPSA) is 83.6 Å². The summed E-state index contributed by atoms with van der Waals surface area (Å²) in [4.78, 5) is 0.180. The number of hydrogen-bond acceptors (Lipinski definition) is 4. The lowest BCUT2D eigenvalue weighted by atomic mass is 10.3. The number of hydrogen-bond donors (Lipinski definition) is 2. The molecule has 0 saturated carbocycles. The Hall–Kier alpha value is -0.630. The van der Waals surface area contributed by atoms with Gasteiger partial charge in [-0.2, -0.15) is 0 Å². The van der Waals surface area contributed by atoms with Crippen molar-refractivity contribution in [2.45, 2.75) is 11.3 Å². The molecule has 0 aliphatic rings. The van der Waals surface area contributed by atoms with Crippen LogP contribution in [0.3, 0.4) is 0 Å². The summed E-state index contributed by atoms with van der Waals surface area (Å²) in [5.74, 6) is 0. The first-order chi connectivity index (χ1) is 7.89. The second kappa shape index (κ2) is 5.81. The first-order valence-corrected chi connectivity index (χ1v) is 7.25. The molecule has 0 amide bonds. The lowest BCUT2D eigenvalue weighted by Crippen LogP contribution is -2.28. The van der Waals surface area contributed by atoms with Crippen LogP contribution < -0.4 is 5.73 Å². The van der Waals surface area contributed by atoms with Crippen LogP contribution in [0, 0.1) is 0 Å². The number of sulfonamides is 1. The fourth-order valence-corrected chi connectivity index (χ4v) is 3.03. The fourth-order valence-electron chi connectivity index (χ4n) is 1.26. The van der Waals surface area contributed by atoms with Crippen molar-refractivity contribution in [2.75, 3.05) is 25.9 Å². The van der Waals surface area contributed by atoms with Gasteiger partial charge in [0.15, 0.2) is 0 Å². The third-order valence-corrected chi connectivity index (χ3v) is 4.85. The van der Waals surface area contributed by atoms with Crippen molar-refractivity contribution in [2.24, 2.45) is 0 Å². The zero-order valence-electron chi connectivity index (χ0n) is 9.43. The molecule has 96 valence electrons. The Morgan fingerprint density at radius 2 is 2.12 bits per heavy atom. The maximum absolute atomic E-state index is 12.1. The van der Waals surface area contributed by atoms with Gasteiger partial charge in [0.25, 0.3) is 0 Å². The van der Waals surface area contributed by atoms with E-state index in [2.05, 4.69) is 15.9 Å². The Morgan fingerprint density at radius 1 is 1.47 bits per heavy atom. The lowest BCUT2D eigenvalue weighted by molar-refractivity contribution is 0.275. The second-order valence-electron chi connectivity index (χ2n) is 3.59. The number of anilines is 1. The monoisotopic (exact) mass is 322 g/mol. The summed E-state index contributed by atoms with van der Waals surface area (Å²) < 4.78 is 25.9. The van der Waals surface area contributed by atoms with E-state index in [0.717, 1.165) is 0 Å². The Balaban J connectivity index is 3.00. The molecule has 0 saturated heterocycles. The van der Waals surface area contributed by atoms with Crippen LogP contribution in [0.4, 0.5) is 5.69 Å². The molecule has 0 fully saturated rings. The van der Waals surface area contributed by atoms with Crippen LogP contribution in [0.1, 0.15) is 6.42 Å². The normalized spacial score (nSPS) is 12.0. The van der Waals surface area contributed by atoms with Gasteiger partial charge in [-0.25, -0.2) is 12.7 Å². The van der Waals surface area contributed by atoms with Crippen molar-refractivity contribution in [1.82, 2.24) is 4.31 Å². The molecule has 0 atom stereocenters. The highest BCUT2D eigenvalue weighted by Crippen LogP contribution is 2.24. The predicted octanol–water partition coefficient (Wildman–Crippen LogP) is 1.03. The van der Waals surface area contributed by atoms with Crippen LogP contribution in [0.25, 0.3) is 0 Å². The summed E-state index contributed by atoms with van der Waals surface area (Å²) in [7, 11) is -2.03. The molecule has 0 radical (unpaired) electrons. The number of aliphatic hydroxyl groups is 1. The smallest absolute Gasteiger partial charge is 0.242 e. The Morgan fingerprint density at radius 3 is 2.65 bits per heavy atom. The van der Waals surface area contributed by atoms with Crippen molar-refractivity contribution in [3.05, 3.63) is 22.7 Å². The van der Waals surface area contributed by atoms with Crippen molar-refractivity contribution in [1.29, 1.82) is 0 Å². The van der Waals surface area contributed by atoms with E-state index in [4.69, 9.17) is 10.8 Å².